The second kappa shape index (κ2) is 4.88. The van der Waals surface area contributed by atoms with Crippen LogP contribution in [-0.2, 0) is 0 Å². The number of aromatic nitrogens is 1. The minimum absolute atomic E-state index is 0.0376. The number of pyridine rings is 1. The summed E-state index contributed by atoms with van der Waals surface area (Å²) in [7, 11) is 0. The number of allylic oxidation sites excluding steroid dienone is 2. The van der Waals surface area contributed by atoms with E-state index < -0.39 is 0 Å². The van der Waals surface area contributed by atoms with Crippen LogP contribution in [0.3, 0.4) is 0 Å². The quantitative estimate of drug-likeness (QED) is 0.820. The van der Waals surface area contributed by atoms with Gasteiger partial charge < -0.3 is 5.73 Å². The van der Waals surface area contributed by atoms with Crippen LogP contribution in [0.1, 0.15) is 36.5 Å². The molecule has 2 rings (SSSR count). The molecule has 0 fully saturated rings. The molecule has 0 saturated heterocycles. The number of carbonyl (C=O) groups excluding carboxylic acids is 1. The number of anilines is 1. The number of rotatable bonds is 2. The molecule has 0 radical (unpaired) electrons. The average Bonchev–Trinajstić information content (AvgIpc) is 2.32. The maximum atomic E-state index is 12.2. The second-order valence-corrected chi connectivity index (χ2v) is 4.96. The first-order valence-corrected chi connectivity index (χ1v) is 6.10. The van der Waals surface area contributed by atoms with Crippen molar-refractivity contribution in [2.24, 2.45) is 5.92 Å². The van der Waals surface area contributed by atoms with E-state index in [1.165, 1.54) is 6.20 Å². The predicted molar refractivity (Wildman–Crippen MR) is 69.1 cm³/mol. The molecule has 0 aliphatic heterocycles. The fourth-order valence-electron chi connectivity index (χ4n) is 1.98. The van der Waals surface area contributed by atoms with Gasteiger partial charge in [0.1, 0.15) is 5.82 Å². The number of halogens is 1. The zero-order valence-electron chi connectivity index (χ0n) is 9.74. The first kappa shape index (κ1) is 12.1. The van der Waals surface area contributed by atoms with Crippen molar-refractivity contribution in [3.8, 4) is 0 Å². The third-order valence-electron chi connectivity index (χ3n) is 3.09. The van der Waals surface area contributed by atoms with E-state index in [0.29, 0.717) is 16.5 Å². The Morgan fingerprint density at radius 1 is 1.59 bits per heavy atom. The van der Waals surface area contributed by atoms with Crippen LogP contribution in [0.5, 0.6) is 0 Å². The molecular formula is C13H15ClN2O. The Morgan fingerprint density at radius 2 is 2.35 bits per heavy atom. The van der Waals surface area contributed by atoms with E-state index in [1.807, 2.05) is 6.08 Å². The van der Waals surface area contributed by atoms with Crippen molar-refractivity contribution in [3.05, 3.63) is 34.5 Å². The summed E-state index contributed by atoms with van der Waals surface area (Å²) in [6, 6.07) is 1.59. The van der Waals surface area contributed by atoms with Crippen molar-refractivity contribution in [3.63, 3.8) is 0 Å². The van der Waals surface area contributed by atoms with Gasteiger partial charge >= 0.3 is 0 Å². The topological polar surface area (TPSA) is 56.0 Å². The third kappa shape index (κ3) is 2.67. The number of carbonyl (C=O) groups is 1. The summed E-state index contributed by atoms with van der Waals surface area (Å²) >= 11 is 5.83. The van der Waals surface area contributed by atoms with Crippen molar-refractivity contribution >= 4 is 23.2 Å². The van der Waals surface area contributed by atoms with Gasteiger partial charge in [0.15, 0.2) is 5.78 Å². The molecule has 1 aromatic heterocycles. The molecule has 17 heavy (non-hydrogen) atoms. The van der Waals surface area contributed by atoms with E-state index in [4.69, 9.17) is 17.3 Å². The summed E-state index contributed by atoms with van der Waals surface area (Å²) in [6.45, 7) is 2.19. The molecule has 2 N–H and O–H groups in total. The molecule has 1 unspecified atom stereocenters. The molecule has 0 spiro atoms. The minimum atomic E-state index is -0.0376. The van der Waals surface area contributed by atoms with Crippen molar-refractivity contribution in [1.29, 1.82) is 0 Å². The molecule has 1 aliphatic carbocycles. The Morgan fingerprint density at radius 3 is 3.00 bits per heavy atom. The standard InChI is InChI=1S/C13H15ClN2O/c1-8-2-4-9(5-3-8)12(17)11-6-10(14)7-16-13(11)15/h4,6-8H,2-3,5H2,1H3,(H2,15,16). The van der Waals surface area contributed by atoms with E-state index in [2.05, 4.69) is 11.9 Å². The van der Waals surface area contributed by atoms with Crippen LogP contribution >= 0.6 is 11.6 Å². The number of hydrogen-bond acceptors (Lipinski definition) is 3. The van der Waals surface area contributed by atoms with Crippen LogP contribution in [-0.4, -0.2) is 10.8 Å². The lowest BCUT2D eigenvalue weighted by atomic mass is 9.87. The summed E-state index contributed by atoms with van der Waals surface area (Å²) in [5, 5.41) is 0.437. The van der Waals surface area contributed by atoms with Crippen LogP contribution in [0.15, 0.2) is 23.9 Å². The molecule has 1 aromatic rings. The number of Topliss-reactive ketones (excluding diaryl/α,β-unsaturated/α-hetero) is 1. The number of nitrogens with zero attached hydrogens (tertiary/aromatic N) is 1. The van der Waals surface area contributed by atoms with Crippen molar-refractivity contribution in [2.75, 3.05) is 5.73 Å². The van der Waals surface area contributed by atoms with Gasteiger partial charge in [-0.1, -0.05) is 24.6 Å². The van der Waals surface area contributed by atoms with Gasteiger partial charge in [0.05, 0.1) is 10.6 Å². The molecule has 1 atom stereocenters. The lowest BCUT2D eigenvalue weighted by molar-refractivity contribution is 0.102. The van der Waals surface area contributed by atoms with Gasteiger partial charge in [-0.3, -0.25) is 4.79 Å². The average molecular weight is 251 g/mol. The van der Waals surface area contributed by atoms with Crippen LogP contribution in [0.25, 0.3) is 0 Å². The smallest absolute Gasteiger partial charge is 0.192 e. The first-order chi connectivity index (χ1) is 8.08. The van der Waals surface area contributed by atoms with Crippen molar-refractivity contribution < 1.29 is 4.79 Å². The van der Waals surface area contributed by atoms with Crippen molar-refractivity contribution in [2.45, 2.75) is 26.2 Å². The fraction of sp³-hybridized carbons (Fsp3) is 0.385. The van der Waals surface area contributed by atoms with E-state index in [0.717, 1.165) is 24.8 Å². The van der Waals surface area contributed by atoms with Gasteiger partial charge in [-0.25, -0.2) is 4.98 Å². The summed E-state index contributed by atoms with van der Waals surface area (Å²) in [5.41, 5.74) is 6.95. The third-order valence-corrected chi connectivity index (χ3v) is 3.30. The fourth-order valence-corrected chi connectivity index (χ4v) is 2.13. The highest BCUT2D eigenvalue weighted by Crippen LogP contribution is 2.27. The Labute approximate surface area is 106 Å². The van der Waals surface area contributed by atoms with Gasteiger partial charge in [-0.2, -0.15) is 0 Å². The molecule has 3 nitrogen and oxygen atoms in total. The van der Waals surface area contributed by atoms with Crippen LogP contribution < -0.4 is 5.73 Å². The number of nitrogens with two attached hydrogens (primary N) is 1. The van der Waals surface area contributed by atoms with E-state index in [9.17, 15) is 4.79 Å². The van der Waals surface area contributed by atoms with Gasteiger partial charge in [-0.15, -0.1) is 0 Å². The van der Waals surface area contributed by atoms with Gasteiger partial charge in [0.25, 0.3) is 0 Å². The van der Waals surface area contributed by atoms with Gasteiger partial charge in [-0.05, 0) is 36.8 Å². The Bertz CT molecular complexity index is 482. The highest BCUT2D eigenvalue weighted by atomic mass is 35.5. The van der Waals surface area contributed by atoms with Crippen LogP contribution in [0, 0.1) is 5.92 Å². The summed E-state index contributed by atoms with van der Waals surface area (Å²) in [5.74, 6) is 0.865. The molecule has 1 heterocycles. The van der Waals surface area contributed by atoms with Crippen LogP contribution in [0.4, 0.5) is 5.82 Å². The Balaban J connectivity index is 2.28. The summed E-state index contributed by atoms with van der Waals surface area (Å²) in [4.78, 5) is 16.1. The Hall–Kier alpha value is -1.35. The highest BCUT2D eigenvalue weighted by molar-refractivity contribution is 6.31. The number of ketones is 1. The van der Waals surface area contributed by atoms with Gasteiger partial charge in [0, 0.05) is 6.20 Å². The monoisotopic (exact) mass is 250 g/mol. The van der Waals surface area contributed by atoms with E-state index in [1.54, 1.807) is 6.07 Å². The number of nitrogen functional groups attached to an aromatic ring is 1. The van der Waals surface area contributed by atoms with E-state index >= 15 is 0 Å². The predicted octanol–water partition coefficient (Wildman–Crippen LogP) is 3.25. The second-order valence-electron chi connectivity index (χ2n) is 4.52. The first-order valence-electron chi connectivity index (χ1n) is 5.72. The molecular weight excluding hydrogens is 236 g/mol. The summed E-state index contributed by atoms with van der Waals surface area (Å²) < 4.78 is 0. The lowest BCUT2D eigenvalue weighted by Crippen LogP contribution is -2.12. The minimum Gasteiger partial charge on any atom is -0.383 e. The Kier molecular flexibility index (Phi) is 3.48. The molecule has 1 aliphatic rings. The van der Waals surface area contributed by atoms with Crippen molar-refractivity contribution in [1.82, 2.24) is 4.98 Å². The molecule has 4 heteroatoms. The molecule has 0 aromatic carbocycles. The normalized spacial score (nSPS) is 19.9. The van der Waals surface area contributed by atoms with Crippen LogP contribution in [0.2, 0.25) is 5.02 Å². The maximum absolute atomic E-state index is 12.2. The molecule has 0 saturated carbocycles. The molecule has 0 bridgehead atoms. The lowest BCUT2D eigenvalue weighted by Gasteiger charge is -2.17. The molecule has 90 valence electrons. The molecule has 0 amide bonds. The zero-order chi connectivity index (χ0) is 12.4. The van der Waals surface area contributed by atoms with E-state index in [-0.39, 0.29) is 11.6 Å². The SMILES string of the molecule is CC1CC=C(C(=O)c2cc(Cl)cnc2N)CC1. The van der Waals surface area contributed by atoms with Gasteiger partial charge in [0.2, 0.25) is 0 Å². The number of hydrogen-bond donors (Lipinski definition) is 1. The maximum Gasteiger partial charge on any atom is 0.192 e. The summed E-state index contributed by atoms with van der Waals surface area (Å²) in [6.07, 6.45) is 6.27. The highest BCUT2D eigenvalue weighted by Gasteiger charge is 2.19. The largest absolute Gasteiger partial charge is 0.383 e. The zero-order valence-corrected chi connectivity index (χ0v) is 10.5.